The first-order valence-electron chi connectivity index (χ1n) is 7.42. The van der Waals surface area contributed by atoms with E-state index in [9.17, 15) is 0 Å². The number of aryl methyl sites for hydroxylation is 5. The van der Waals surface area contributed by atoms with Gasteiger partial charge in [-0.05, 0) is 74.6 Å². The van der Waals surface area contributed by atoms with Crippen LogP contribution in [-0.2, 0) is 0 Å². The van der Waals surface area contributed by atoms with Crippen molar-refractivity contribution in [1.29, 1.82) is 0 Å². The minimum atomic E-state index is -0.104. The summed E-state index contributed by atoms with van der Waals surface area (Å²) < 4.78 is 5.87. The lowest BCUT2D eigenvalue weighted by atomic mass is 9.95. The molecule has 0 fully saturated rings. The van der Waals surface area contributed by atoms with Crippen LogP contribution in [0.25, 0.3) is 0 Å². The Morgan fingerprint density at radius 3 is 2.05 bits per heavy atom. The van der Waals surface area contributed by atoms with Gasteiger partial charge >= 0.3 is 0 Å². The summed E-state index contributed by atoms with van der Waals surface area (Å²) >= 11 is 0. The molecule has 2 aromatic carbocycles. The fraction of sp³-hybridized carbons (Fsp3) is 0.368. The first-order chi connectivity index (χ1) is 9.88. The van der Waals surface area contributed by atoms with E-state index in [0.29, 0.717) is 6.61 Å². The van der Waals surface area contributed by atoms with Crippen molar-refractivity contribution in [2.75, 3.05) is 6.61 Å². The lowest BCUT2D eigenvalue weighted by Gasteiger charge is -2.19. The molecule has 21 heavy (non-hydrogen) atoms. The predicted octanol–water partition coefficient (Wildman–Crippen LogP) is 4.31. The van der Waals surface area contributed by atoms with Crippen LogP contribution in [0.1, 0.15) is 39.4 Å². The van der Waals surface area contributed by atoms with E-state index >= 15 is 0 Å². The Morgan fingerprint density at radius 1 is 0.857 bits per heavy atom. The third-order valence-corrected chi connectivity index (χ3v) is 4.02. The van der Waals surface area contributed by atoms with E-state index in [-0.39, 0.29) is 6.04 Å². The molecule has 1 unspecified atom stereocenters. The highest BCUT2D eigenvalue weighted by Gasteiger charge is 2.13. The predicted molar refractivity (Wildman–Crippen MR) is 89.0 cm³/mol. The zero-order valence-corrected chi connectivity index (χ0v) is 13.7. The van der Waals surface area contributed by atoms with Gasteiger partial charge in [-0.2, -0.15) is 0 Å². The maximum absolute atomic E-state index is 6.34. The number of hydrogen-bond acceptors (Lipinski definition) is 2. The summed E-state index contributed by atoms with van der Waals surface area (Å²) in [6, 6.07) is 10.4. The summed E-state index contributed by atoms with van der Waals surface area (Å²) in [5.74, 6) is 0.885. The maximum Gasteiger partial charge on any atom is 0.119 e. The highest BCUT2D eigenvalue weighted by Crippen LogP contribution is 2.24. The van der Waals surface area contributed by atoms with Gasteiger partial charge in [-0.1, -0.05) is 23.8 Å². The SMILES string of the molecule is Cc1cc(C)c(C(N)COc2ccc(C)c(C)c2)c(C)c1. The molecule has 0 aliphatic carbocycles. The molecule has 2 aromatic rings. The van der Waals surface area contributed by atoms with Crippen molar-refractivity contribution in [1.82, 2.24) is 0 Å². The van der Waals surface area contributed by atoms with Crippen LogP contribution < -0.4 is 10.5 Å². The van der Waals surface area contributed by atoms with Gasteiger partial charge < -0.3 is 10.5 Å². The van der Waals surface area contributed by atoms with Crippen LogP contribution >= 0.6 is 0 Å². The number of benzene rings is 2. The van der Waals surface area contributed by atoms with E-state index in [1.807, 2.05) is 6.07 Å². The standard InChI is InChI=1S/C19H25NO/c1-12-8-15(4)19(16(5)9-12)18(20)11-21-17-7-6-13(2)14(3)10-17/h6-10,18H,11,20H2,1-5H3. The van der Waals surface area contributed by atoms with Crippen molar-refractivity contribution >= 4 is 0 Å². The fourth-order valence-electron chi connectivity index (χ4n) is 2.85. The molecule has 0 radical (unpaired) electrons. The number of hydrogen-bond donors (Lipinski definition) is 1. The summed E-state index contributed by atoms with van der Waals surface area (Å²) in [4.78, 5) is 0. The summed E-state index contributed by atoms with van der Waals surface area (Å²) in [7, 11) is 0. The van der Waals surface area contributed by atoms with Crippen LogP contribution in [0.4, 0.5) is 0 Å². The second kappa shape index (κ2) is 6.31. The monoisotopic (exact) mass is 283 g/mol. The molecule has 0 aromatic heterocycles. The summed E-state index contributed by atoms with van der Waals surface area (Å²) in [6.45, 7) is 11.0. The lowest BCUT2D eigenvalue weighted by molar-refractivity contribution is 0.289. The Balaban J connectivity index is 2.11. The zero-order valence-electron chi connectivity index (χ0n) is 13.7. The minimum absolute atomic E-state index is 0.104. The van der Waals surface area contributed by atoms with Crippen LogP contribution in [0.3, 0.4) is 0 Å². The van der Waals surface area contributed by atoms with E-state index < -0.39 is 0 Å². The molecule has 0 saturated heterocycles. The van der Waals surface area contributed by atoms with Crippen LogP contribution in [0.2, 0.25) is 0 Å². The molecule has 2 N–H and O–H groups in total. The molecule has 0 spiro atoms. The average Bonchev–Trinajstić information content (AvgIpc) is 2.39. The molecule has 0 aliphatic heterocycles. The highest BCUT2D eigenvalue weighted by molar-refractivity contribution is 5.40. The average molecular weight is 283 g/mol. The van der Waals surface area contributed by atoms with Crippen LogP contribution in [-0.4, -0.2) is 6.61 Å². The van der Waals surface area contributed by atoms with Crippen LogP contribution in [0.5, 0.6) is 5.75 Å². The molecule has 0 bridgehead atoms. The molecule has 0 aliphatic rings. The topological polar surface area (TPSA) is 35.2 Å². The first-order valence-corrected chi connectivity index (χ1v) is 7.42. The second-order valence-electron chi connectivity index (χ2n) is 5.98. The molecule has 2 rings (SSSR count). The summed E-state index contributed by atoms with van der Waals surface area (Å²) in [5.41, 5.74) is 13.8. The number of rotatable bonds is 4. The van der Waals surface area contributed by atoms with Gasteiger partial charge in [0, 0.05) is 0 Å². The molecule has 0 saturated carbocycles. The molecular formula is C19H25NO. The van der Waals surface area contributed by atoms with Gasteiger partial charge in [0.2, 0.25) is 0 Å². The Labute approximate surface area is 127 Å². The third kappa shape index (κ3) is 3.64. The first kappa shape index (κ1) is 15.6. The zero-order chi connectivity index (χ0) is 15.6. The maximum atomic E-state index is 6.34. The van der Waals surface area contributed by atoms with Crippen molar-refractivity contribution in [3.05, 3.63) is 63.7 Å². The van der Waals surface area contributed by atoms with Gasteiger partial charge in [-0.15, -0.1) is 0 Å². The van der Waals surface area contributed by atoms with Crippen molar-refractivity contribution in [2.45, 2.75) is 40.7 Å². The Kier molecular flexibility index (Phi) is 4.69. The molecule has 1 atom stereocenters. The second-order valence-corrected chi connectivity index (χ2v) is 5.98. The Morgan fingerprint density at radius 2 is 1.48 bits per heavy atom. The van der Waals surface area contributed by atoms with Crippen molar-refractivity contribution in [3.63, 3.8) is 0 Å². The van der Waals surface area contributed by atoms with Gasteiger partial charge in [-0.25, -0.2) is 0 Å². The highest BCUT2D eigenvalue weighted by atomic mass is 16.5. The molecule has 0 heterocycles. The van der Waals surface area contributed by atoms with E-state index in [1.54, 1.807) is 0 Å². The van der Waals surface area contributed by atoms with Crippen LogP contribution in [0, 0.1) is 34.6 Å². The lowest BCUT2D eigenvalue weighted by Crippen LogP contribution is -2.21. The molecule has 0 amide bonds. The van der Waals surface area contributed by atoms with E-state index in [2.05, 4.69) is 58.9 Å². The summed E-state index contributed by atoms with van der Waals surface area (Å²) in [6.07, 6.45) is 0. The van der Waals surface area contributed by atoms with E-state index in [0.717, 1.165) is 5.75 Å². The smallest absolute Gasteiger partial charge is 0.119 e. The van der Waals surface area contributed by atoms with Gasteiger partial charge in [0.1, 0.15) is 12.4 Å². The molecular weight excluding hydrogens is 258 g/mol. The van der Waals surface area contributed by atoms with Crippen molar-refractivity contribution in [2.24, 2.45) is 5.73 Å². The quantitative estimate of drug-likeness (QED) is 0.907. The van der Waals surface area contributed by atoms with Crippen molar-refractivity contribution < 1.29 is 4.74 Å². The minimum Gasteiger partial charge on any atom is -0.492 e. The summed E-state index contributed by atoms with van der Waals surface area (Å²) in [5, 5.41) is 0. The number of ether oxygens (including phenoxy) is 1. The molecule has 2 nitrogen and oxygen atoms in total. The Bertz CT molecular complexity index is 623. The Hall–Kier alpha value is -1.80. The van der Waals surface area contributed by atoms with Crippen molar-refractivity contribution in [3.8, 4) is 5.75 Å². The molecule has 112 valence electrons. The van der Waals surface area contributed by atoms with Gasteiger partial charge in [0.25, 0.3) is 0 Å². The van der Waals surface area contributed by atoms with E-state index in [1.165, 1.54) is 33.4 Å². The normalized spacial score (nSPS) is 12.3. The van der Waals surface area contributed by atoms with E-state index in [4.69, 9.17) is 10.5 Å². The number of nitrogens with two attached hydrogens (primary N) is 1. The third-order valence-electron chi connectivity index (χ3n) is 4.02. The van der Waals surface area contributed by atoms with Gasteiger partial charge in [0.05, 0.1) is 6.04 Å². The molecule has 2 heteroatoms. The van der Waals surface area contributed by atoms with Gasteiger partial charge in [0.15, 0.2) is 0 Å². The fourth-order valence-corrected chi connectivity index (χ4v) is 2.85. The van der Waals surface area contributed by atoms with Gasteiger partial charge in [-0.3, -0.25) is 0 Å². The van der Waals surface area contributed by atoms with Crippen LogP contribution in [0.15, 0.2) is 30.3 Å². The largest absolute Gasteiger partial charge is 0.492 e.